The van der Waals surface area contributed by atoms with Crippen molar-refractivity contribution in [3.63, 3.8) is 0 Å². The van der Waals surface area contributed by atoms with Crippen molar-refractivity contribution >= 4 is 11.6 Å². The fraction of sp³-hybridized carbons (Fsp3) is 0.588. The Morgan fingerprint density at radius 1 is 1.38 bits per heavy atom. The summed E-state index contributed by atoms with van der Waals surface area (Å²) in [4.78, 5) is 11.8. The lowest BCUT2D eigenvalue weighted by molar-refractivity contribution is -0.116. The van der Waals surface area contributed by atoms with Crippen LogP contribution in [-0.4, -0.2) is 18.5 Å². The number of benzene rings is 1. The van der Waals surface area contributed by atoms with E-state index in [0.29, 0.717) is 24.4 Å². The van der Waals surface area contributed by atoms with Crippen molar-refractivity contribution in [2.24, 2.45) is 5.41 Å². The summed E-state index contributed by atoms with van der Waals surface area (Å²) in [6.07, 6.45) is 5.22. The summed E-state index contributed by atoms with van der Waals surface area (Å²) in [6.45, 7) is 5.23. The Morgan fingerprint density at radius 3 is 2.86 bits per heavy atom. The average Bonchev–Trinajstić information content (AvgIpc) is 2.40. The molecule has 0 bridgehead atoms. The average molecular weight is 292 g/mol. The van der Waals surface area contributed by atoms with E-state index < -0.39 is 5.82 Å². The molecular weight excluding hydrogens is 267 g/mol. The summed E-state index contributed by atoms with van der Waals surface area (Å²) in [7, 11) is 0. The topological polar surface area (TPSA) is 41.1 Å². The van der Waals surface area contributed by atoms with Crippen LogP contribution < -0.4 is 10.6 Å². The molecule has 1 aliphatic carbocycles. The predicted molar refractivity (Wildman–Crippen MR) is 83.7 cm³/mol. The Bertz CT molecular complexity index is 487. The van der Waals surface area contributed by atoms with Gasteiger partial charge in [0.25, 0.3) is 0 Å². The lowest BCUT2D eigenvalue weighted by atomic mass is 9.75. The second kappa shape index (κ2) is 7.03. The molecule has 0 unspecified atom stereocenters. The number of amides is 1. The summed E-state index contributed by atoms with van der Waals surface area (Å²) in [5.41, 5.74) is 0.645. The highest BCUT2D eigenvalue weighted by atomic mass is 19.1. The maximum Gasteiger partial charge on any atom is 0.225 e. The standard InChI is InChI=1S/C17H25FN2O/c1-17(2)10-5-6-13(12-17)19-11-9-16(21)20-15-8-4-3-7-14(15)18/h3-4,7-8,13,19H,5-6,9-12H2,1-2H3,(H,20,21)/t13-/m0/s1. The van der Waals surface area contributed by atoms with Crippen molar-refractivity contribution in [3.8, 4) is 0 Å². The largest absolute Gasteiger partial charge is 0.324 e. The molecular formula is C17H25FN2O. The van der Waals surface area contributed by atoms with Crippen LogP contribution in [0.1, 0.15) is 46.0 Å². The highest BCUT2D eigenvalue weighted by molar-refractivity contribution is 5.90. The molecule has 0 heterocycles. The lowest BCUT2D eigenvalue weighted by Gasteiger charge is -2.35. The fourth-order valence-corrected chi connectivity index (χ4v) is 3.04. The molecule has 21 heavy (non-hydrogen) atoms. The van der Waals surface area contributed by atoms with Gasteiger partial charge in [-0.25, -0.2) is 4.39 Å². The predicted octanol–water partition coefficient (Wildman–Crippen LogP) is 3.71. The summed E-state index contributed by atoms with van der Waals surface area (Å²) >= 11 is 0. The number of rotatable bonds is 5. The third-order valence-corrected chi connectivity index (χ3v) is 4.14. The molecule has 0 spiro atoms. The minimum Gasteiger partial charge on any atom is -0.324 e. The van der Waals surface area contributed by atoms with Gasteiger partial charge < -0.3 is 10.6 Å². The van der Waals surface area contributed by atoms with E-state index in [4.69, 9.17) is 0 Å². The summed E-state index contributed by atoms with van der Waals surface area (Å²) in [5.74, 6) is -0.546. The first-order valence-electron chi connectivity index (χ1n) is 7.74. The first kappa shape index (κ1) is 16.0. The molecule has 1 amide bonds. The second-order valence-corrected chi connectivity index (χ2v) is 6.69. The van der Waals surface area contributed by atoms with Crippen molar-refractivity contribution in [1.29, 1.82) is 0 Å². The van der Waals surface area contributed by atoms with Crippen LogP contribution in [0.5, 0.6) is 0 Å². The molecule has 0 aliphatic heterocycles. The molecule has 1 atom stereocenters. The molecule has 0 aromatic heterocycles. The van der Waals surface area contributed by atoms with Crippen LogP contribution >= 0.6 is 0 Å². The van der Waals surface area contributed by atoms with Crippen molar-refractivity contribution < 1.29 is 9.18 Å². The van der Waals surface area contributed by atoms with Crippen LogP contribution in [-0.2, 0) is 4.79 Å². The van der Waals surface area contributed by atoms with Crippen LogP contribution in [0, 0.1) is 11.2 Å². The molecule has 4 heteroatoms. The zero-order chi connectivity index (χ0) is 15.3. The van der Waals surface area contributed by atoms with E-state index in [1.807, 2.05) is 0 Å². The second-order valence-electron chi connectivity index (χ2n) is 6.69. The normalized spacial score (nSPS) is 21.0. The molecule has 0 radical (unpaired) electrons. The van der Waals surface area contributed by atoms with Crippen LogP contribution in [0.15, 0.2) is 24.3 Å². The molecule has 2 rings (SSSR count). The number of halogens is 1. The van der Waals surface area contributed by atoms with E-state index in [-0.39, 0.29) is 11.6 Å². The van der Waals surface area contributed by atoms with Crippen molar-refractivity contribution in [3.05, 3.63) is 30.1 Å². The van der Waals surface area contributed by atoms with E-state index >= 15 is 0 Å². The summed E-state index contributed by atoms with van der Waals surface area (Å²) in [6, 6.07) is 6.73. The molecule has 1 aliphatic rings. The van der Waals surface area contributed by atoms with Gasteiger partial charge >= 0.3 is 0 Å². The maximum absolute atomic E-state index is 13.4. The number of nitrogens with one attached hydrogen (secondary N) is 2. The number of hydrogen-bond acceptors (Lipinski definition) is 2. The Kier molecular flexibility index (Phi) is 5.34. The van der Waals surface area contributed by atoms with Gasteiger partial charge in [0.2, 0.25) is 5.91 Å². The lowest BCUT2D eigenvalue weighted by Crippen LogP contribution is -2.38. The van der Waals surface area contributed by atoms with E-state index in [1.54, 1.807) is 18.2 Å². The number of para-hydroxylation sites is 1. The zero-order valence-corrected chi connectivity index (χ0v) is 12.9. The fourth-order valence-electron chi connectivity index (χ4n) is 3.04. The van der Waals surface area contributed by atoms with Gasteiger partial charge in [-0.3, -0.25) is 4.79 Å². The first-order chi connectivity index (χ1) is 9.96. The van der Waals surface area contributed by atoms with Gasteiger partial charge in [0, 0.05) is 19.0 Å². The molecule has 0 saturated heterocycles. The zero-order valence-electron chi connectivity index (χ0n) is 12.9. The van der Waals surface area contributed by atoms with Crippen LogP contribution in [0.4, 0.5) is 10.1 Å². The van der Waals surface area contributed by atoms with Crippen molar-refractivity contribution in [1.82, 2.24) is 5.32 Å². The van der Waals surface area contributed by atoms with E-state index in [9.17, 15) is 9.18 Å². The maximum atomic E-state index is 13.4. The van der Waals surface area contributed by atoms with E-state index in [0.717, 1.165) is 6.42 Å². The molecule has 1 saturated carbocycles. The van der Waals surface area contributed by atoms with Gasteiger partial charge in [0.15, 0.2) is 0 Å². The SMILES string of the molecule is CC1(C)CCC[C@H](NCCC(=O)Nc2ccccc2F)C1. The van der Waals surface area contributed by atoms with Crippen LogP contribution in [0.3, 0.4) is 0 Å². The Balaban J connectivity index is 1.71. The monoisotopic (exact) mass is 292 g/mol. The third-order valence-electron chi connectivity index (χ3n) is 4.14. The highest BCUT2D eigenvalue weighted by Crippen LogP contribution is 2.34. The molecule has 2 N–H and O–H groups in total. The Hall–Kier alpha value is -1.42. The van der Waals surface area contributed by atoms with Gasteiger partial charge in [0.05, 0.1) is 5.69 Å². The van der Waals surface area contributed by atoms with Crippen molar-refractivity contribution in [2.45, 2.75) is 52.0 Å². The number of carbonyl (C=O) groups excluding carboxylic acids is 1. The smallest absolute Gasteiger partial charge is 0.225 e. The first-order valence-corrected chi connectivity index (χ1v) is 7.74. The highest BCUT2D eigenvalue weighted by Gasteiger charge is 2.27. The van der Waals surface area contributed by atoms with Crippen molar-refractivity contribution in [2.75, 3.05) is 11.9 Å². The van der Waals surface area contributed by atoms with Gasteiger partial charge in [-0.2, -0.15) is 0 Å². The summed E-state index contributed by atoms with van der Waals surface area (Å²) < 4.78 is 13.4. The molecule has 1 fully saturated rings. The minimum atomic E-state index is -0.396. The minimum absolute atomic E-state index is 0.150. The molecule has 1 aromatic carbocycles. The molecule has 1 aromatic rings. The Morgan fingerprint density at radius 2 is 2.14 bits per heavy atom. The third kappa shape index (κ3) is 5.12. The summed E-state index contributed by atoms with van der Waals surface area (Å²) in [5, 5.41) is 6.06. The van der Waals surface area contributed by atoms with Gasteiger partial charge in [-0.1, -0.05) is 32.4 Å². The Labute approximate surface area is 126 Å². The number of anilines is 1. The van der Waals surface area contributed by atoms with E-state index in [1.165, 1.54) is 25.3 Å². The van der Waals surface area contributed by atoms with Crippen LogP contribution in [0.25, 0.3) is 0 Å². The quantitative estimate of drug-likeness (QED) is 0.868. The number of carbonyl (C=O) groups is 1. The van der Waals surface area contributed by atoms with E-state index in [2.05, 4.69) is 24.5 Å². The van der Waals surface area contributed by atoms with Gasteiger partial charge in [-0.15, -0.1) is 0 Å². The van der Waals surface area contributed by atoms with Gasteiger partial charge in [0.1, 0.15) is 5.82 Å². The van der Waals surface area contributed by atoms with Crippen LogP contribution in [0.2, 0.25) is 0 Å². The number of hydrogen-bond donors (Lipinski definition) is 2. The molecule has 3 nitrogen and oxygen atoms in total. The molecule has 116 valence electrons. The van der Waals surface area contributed by atoms with Gasteiger partial charge in [-0.05, 0) is 36.8 Å².